The van der Waals surface area contributed by atoms with Crippen LogP contribution in [-0.4, -0.2) is 51.2 Å². The zero-order valence-corrected chi connectivity index (χ0v) is 14.8. The van der Waals surface area contributed by atoms with Crippen molar-refractivity contribution in [1.29, 1.82) is 0 Å². The average Bonchev–Trinajstić information content (AvgIpc) is 3.03. The largest absolute Gasteiger partial charge is 0.368 e. The molecule has 2 aromatic heterocycles. The quantitative estimate of drug-likeness (QED) is 0.372. The second-order valence-electron chi connectivity index (χ2n) is 6.42. The van der Waals surface area contributed by atoms with Crippen LogP contribution in [0, 0.1) is 0 Å². The number of nitrogens with two attached hydrogens (primary N) is 2. The summed E-state index contributed by atoms with van der Waals surface area (Å²) in [6.07, 6.45) is 2.04. The number of nitrogens with zero attached hydrogens (tertiary/aromatic N) is 4. The highest BCUT2D eigenvalue weighted by Crippen LogP contribution is 2.30. The molecule has 0 unspecified atom stereocenters. The Morgan fingerprint density at radius 2 is 2.04 bits per heavy atom. The summed E-state index contributed by atoms with van der Waals surface area (Å²) in [6.45, 7) is 1.70. The van der Waals surface area contributed by atoms with Crippen LogP contribution < -0.4 is 27.4 Å². The Hall–Kier alpha value is -3.73. The Kier molecular flexibility index (Phi) is 4.49. The monoisotopic (exact) mass is 381 g/mol. The minimum absolute atomic E-state index is 0.0524. The maximum atomic E-state index is 11.7. The first kappa shape index (κ1) is 17.7. The summed E-state index contributed by atoms with van der Waals surface area (Å²) in [4.78, 5) is 26.9. The fourth-order valence-electron chi connectivity index (χ4n) is 3.03. The first-order valence-electron chi connectivity index (χ1n) is 8.67. The fraction of sp³-hybridized carbons (Fsp3) is 0.235. The Labute approximate surface area is 159 Å². The predicted molar refractivity (Wildman–Crippen MR) is 103 cm³/mol. The number of benzene rings is 1. The van der Waals surface area contributed by atoms with Crippen LogP contribution in [0.1, 0.15) is 16.5 Å². The molecule has 0 saturated carbocycles. The molecule has 28 heavy (non-hydrogen) atoms. The van der Waals surface area contributed by atoms with Crippen molar-refractivity contribution in [1.82, 2.24) is 25.1 Å². The van der Waals surface area contributed by atoms with Gasteiger partial charge in [-0.15, -0.1) is 10.2 Å². The van der Waals surface area contributed by atoms with Crippen molar-refractivity contribution in [3.8, 4) is 0 Å². The topological polar surface area (TPSA) is 166 Å². The predicted octanol–water partition coefficient (Wildman–Crippen LogP) is -0.290. The van der Waals surface area contributed by atoms with E-state index in [0.29, 0.717) is 6.04 Å². The third kappa shape index (κ3) is 3.30. The molecule has 0 bridgehead atoms. The van der Waals surface area contributed by atoms with Gasteiger partial charge in [-0.1, -0.05) is 6.07 Å². The summed E-state index contributed by atoms with van der Waals surface area (Å²) in [6, 6.07) is 8.24. The molecule has 2 amide bonds. The second kappa shape index (κ2) is 7.12. The number of anilines is 3. The van der Waals surface area contributed by atoms with Crippen molar-refractivity contribution in [2.45, 2.75) is 6.04 Å². The molecule has 11 nitrogen and oxygen atoms in total. The molecular weight excluding hydrogens is 362 g/mol. The molecule has 0 radical (unpaired) electrons. The maximum absolute atomic E-state index is 11.7. The molecule has 7 N–H and O–H groups in total. The van der Waals surface area contributed by atoms with E-state index in [-0.39, 0.29) is 24.0 Å². The molecule has 4 rings (SSSR count). The van der Waals surface area contributed by atoms with Gasteiger partial charge in [0.25, 0.3) is 5.91 Å². The molecule has 1 aliphatic heterocycles. The van der Waals surface area contributed by atoms with Gasteiger partial charge in [0.1, 0.15) is 0 Å². The van der Waals surface area contributed by atoms with Crippen LogP contribution in [0.4, 0.5) is 17.5 Å². The van der Waals surface area contributed by atoms with Crippen molar-refractivity contribution in [3.63, 3.8) is 0 Å². The lowest BCUT2D eigenvalue weighted by Gasteiger charge is -2.29. The summed E-state index contributed by atoms with van der Waals surface area (Å²) in [5.41, 5.74) is 12.2. The van der Waals surface area contributed by atoms with Gasteiger partial charge in [0, 0.05) is 30.4 Å². The highest BCUT2D eigenvalue weighted by molar-refractivity contribution is 5.99. The summed E-state index contributed by atoms with van der Waals surface area (Å²) >= 11 is 0. The number of carbonyl (C=O) groups is 2. The molecule has 3 aromatic rings. The van der Waals surface area contributed by atoms with Crippen LogP contribution in [0.3, 0.4) is 0 Å². The first-order valence-corrected chi connectivity index (χ1v) is 8.67. The van der Waals surface area contributed by atoms with Gasteiger partial charge in [-0.3, -0.25) is 9.59 Å². The number of primary amides is 2. The molecule has 1 aliphatic rings. The zero-order valence-electron chi connectivity index (χ0n) is 14.8. The van der Waals surface area contributed by atoms with Crippen LogP contribution in [-0.2, 0) is 4.79 Å². The molecule has 1 fully saturated rings. The van der Waals surface area contributed by atoms with Gasteiger partial charge < -0.3 is 32.0 Å². The van der Waals surface area contributed by atoms with Crippen molar-refractivity contribution in [2.24, 2.45) is 11.5 Å². The smallest absolute Gasteiger partial charge is 0.273 e. The Bertz CT molecular complexity index is 1060. The van der Waals surface area contributed by atoms with Gasteiger partial charge in [0.05, 0.1) is 18.1 Å². The summed E-state index contributed by atoms with van der Waals surface area (Å²) in [7, 11) is 0. The van der Waals surface area contributed by atoms with E-state index < -0.39 is 11.8 Å². The number of amides is 2. The van der Waals surface area contributed by atoms with Gasteiger partial charge in [-0.05, 0) is 18.2 Å². The molecular formula is C17H19N9O2. The molecule has 3 heterocycles. The van der Waals surface area contributed by atoms with E-state index in [2.05, 4.69) is 35.7 Å². The minimum Gasteiger partial charge on any atom is -0.368 e. The van der Waals surface area contributed by atoms with Gasteiger partial charge in [-0.2, -0.15) is 4.98 Å². The fourth-order valence-corrected chi connectivity index (χ4v) is 3.03. The third-order valence-electron chi connectivity index (χ3n) is 4.51. The van der Waals surface area contributed by atoms with Gasteiger partial charge in [-0.25, -0.2) is 0 Å². The lowest BCUT2D eigenvalue weighted by atomic mass is 10.1. The third-order valence-corrected chi connectivity index (χ3v) is 4.51. The van der Waals surface area contributed by atoms with E-state index in [0.717, 1.165) is 29.7 Å². The van der Waals surface area contributed by atoms with E-state index in [4.69, 9.17) is 11.5 Å². The van der Waals surface area contributed by atoms with E-state index in [1.54, 1.807) is 0 Å². The Morgan fingerprint density at radius 1 is 1.21 bits per heavy atom. The Balaban J connectivity index is 1.69. The number of nitrogens with one attached hydrogen (secondary N) is 3. The van der Waals surface area contributed by atoms with E-state index in [1.165, 1.54) is 0 Å². The second-order valence-corrected chi connectivity index (χ2v) is 6.42. The first-order chi connectivity index (χ1) is 13.5. The van der Waals surface area contributed by atoms with E-state index in [1.807, 2.05) is 30.5 Å². The summed E-state index contributed by atoms with van der Waals surface area (Å²) in [5, 5.41) is 17.5. The maximum Gasteiger partial charge on any atom is 0.273 e. The SMILES string of the molecule is NC(=O)CNc1nnc(C(N)=O)c(Nc2cccc3c2ccn3C2CNC2)n1. The molecule has 144 valence electrons. The molecule has 1 saturated heterocycles. The van der Waals surface area contributed by atoms with Crippen LogP contribution in [0.15, 0.2) is 30.5 Å². The molecule has 0 spiro atoms. The average molecular weight is 381 g/mol. The van der Waals surface area contributed by atoms with Gasteiger partial charge in [0.2, 0.25) is 11.9 Å². The van der Waals surface area contributed by atoms with Crippen molar-refractivity contribution < 1.29 is 9.59 Å². The van der Waals surface area contributed by atoms with E-state index >= 15 is 0 Å². The molecule has 1 aromatic carbocycles. The van der Waals surface area contributed by atoms with Crippen LogP contribution in [0.25, 0.3) is 10.9 Å². The molecule has 0 aliphatic carbocycles. The lowest BCUT2D eigenvalue weighted by Crippen LogP contribution is -2.43. The normalized spacial score (nSPS) is 13.9. The van der Waals surface area contributed by atoms with Gasteiger partial charge >= 0.3 is 0 Å². The standard InChI is InChI=1S/C17H19N9O2/c18-13(27)8-21-17-23-16(14(15(19)28)24-25-17)22-11-2-1-3-12-10(11)4-5-26(12)9-6-20-7-9/h1-5,9,20H,6-8H2,(H2,18,27)(H2,19,28)(H2,21,22,23,25). The van der Waals surface area contributed by atoms with Crippen molar-refractivity contribution in [3.05, 3.63) is 36.2 Å². The minimum atomic E-state index is -0.769. The number of aromatic nitrogens is 4. The Morgan fingerprint density at radius 3 is 2.71 bits per heavy atom. The number of rotatable bonds is 7. The number of carbonyl (C=O) groups excluding carboxylic acids is 2. The van der Waals surface area contributed by atoms with Crippen LogP contribution in [0.5, 0.6) is 0 Å². The highest BCUT2D eigenvalue weighted by Gasteiger charge is 2.21. The van der Waals surface area contributed by atoms with E-state index in [9.17, 15) is 9.59 Å². The number of hydrogen-bond acceptors (Lipinski definition) is 8. The summed E-state index contributed by atoms with van der Waals surface area (Å²) < 4.78 is 2.21. The van der Waals surface area contributed by atoms with Gasteiger partial charge in [0.15, 0.2) is 11.5 Å². The van der Waals surface area contributed by atoms with Crippen LogP contribution >= 0.6 is 0 Å². The molecule has 0 atom stereocenters. The van der Waals surface area contributed by atoms with Crippen molar-refractivity contribution >= 4 is 40.2 Å². The highest BCUT2D eigenvalue weighted by atomic mass is 16.1. The molecule has 11 heteroatoms. The summed E-state index contributed by atoms with van der Waals surface area (Å²) in [5.74, 6) is -1.15. The van der Waals surface area contributed by atoms with Crippen LogP contribution in [0.2, 0.25) is 0 Å². The number of hydrogen-bond donors (Lipinski definition) is 5. The number of fused-ring (bicyclic) bond motifs is 1. The zero-order chi connectivity index (χ0) is 19.7. The lowest BCUT2D eigenvalue weighted by molar-refractivity contribution is -0.116. The van der Waals surface area contributed by atoms with Crippen molar-refractivity contribution in [2.75, 3.05) is 30.3 Å².